The molecule has 3 N–H and O–H groups in total. The quantitative estimate of drug-likeness (QED) is 0.183. The molecule has 10 heteroatoms. The highest BCUT2D eigenvalue weighted by molar-refractivity contribution is 6.05. The Morgan fingerprint density at radius 2 is 1.71 bits per heavy atom. The van der Waals surface area contributed by atoms with Crippen LogP contribution in [0.4, 0.5) is 17.2 Å². The Kier molecular flexibility index (Phi) is 10.4. The largest absolute Gasteiger partial charge is 0.496 e. The molecule has 0 saturated heterocycles. The van der Waals surface area contributed by atoms with Crippen molar-refractivity contribution in [3.8, 4) is 17.0 Å². The van der Waals surface area contributed by atoms with Gasteiger partial charge in [-0.15, -0.1) is 0 Å². The molecule has 0 radical (unpaired) electrons. The van der Waals surface area contributed by atoms with Gasteiger partial charge < -0.3 is 30.0 Å². The molecule has 4 aromatic rings. The maximum absolute atomic E-state index is 13.1. The average Bonchev–Trinajstić information content (AvgIpc) is 3.02. The summed E-state index contributed by atoms with van der Waals surface area (Å²) in [6.45, 7) is 9.31. The first-order valence-corrected chi connectivity index (χ1v) is 14.7. The van der Waals surface area contributed by atoms with E-state index in [-0.39, 0.29) is 28.6 Å². The van der Waals surface area contributed by atoms with Crippen LogP contribution >= 0.6 is 0 Å². The summed E-state index contributed by atoms with van der Waals surface area (Å²) in [5.74, 6) is -0.0337. The molecular formula is C35H41N5O5. The molecule has 1 aromatic heterocycles. The van der Waals surface area contributed by atoms with E-state index in [4.69, 9.17) is 9.47 Å². The van der Waals surface area contributed by atoms with E-state index in [9.17, 15) is 14.4 Å². The number of carbonyl (C=O) groups excluding carboxylic acids is 2. The van der Waals surface area contributed by atoms with Crippen molar-refractivity contribution in [1.82, 2.24) is 14.9 Å². The highest BCUT2D eigenvalue weighted by Gasteiger charge is 2.18. The number of aryl methyl sites for hydroxylation is 1. The van der Waals surface area contributed by atoms with Crippen molar-refractivity contribution in [3.63, 3.8) is 0 Å². The number of nitrogens with one attached hydrogen (secondary N) is 3. The summed E-state index contributed by atoms with van der Waals surface area (Å²) in [4.78, 5) is 43.5. The molecule has 0 aliphatic heterocycles. The van der Waals surface area contributed by atoms with Crippen LogP contribution in [0.15, 0.2) is 71.7 Å². The van der Waals surface area contributed by atoms with E-state index in [0.29, 0.717) is 53.5 Å². The third kappa shape index (κ3) is 7.96. The van der Waals surface area contributed by atoms with Gasteiger partial charge in [0.25, 0.3) is 17.4 Å². The van der Waals surface area contributed by atoms with Gasteiger partial charge in [-0.25, -0.2) is 4.98 Å². The van der Waals surface area contributed by atoms with Gasteiger partial charge in [-0.05, 0) is 60.2 Å². The molecule has 0 fully saturated rings. The summed E-state index contributed by atoms with van der Waals surface area (Å²) in [6.07, 6.45) is 2.35. The van der Waals surface area contributed by atoms with Crippen LogP contribution in [0.5, 0.6) is 5.75 Å². The molecule has 3 aromatic carbocycles. The average molecular weight is 612 g/mol. The number of benzene rings is 3. The van der Waals surface area contributed by atoms with Gasteiger partial charge in [-0.1, -0.05) is 45.0 Å². The van der Waals surface area contributed by atoms with Gasteiger partial charge >= 0.3 is 0 Å². The number of rotatable bonds is 11. The Morgan fingerprint density at radius 3 is 2.38 bits per heavy atom. The molecule has 236 valence electrons. The summed E-state index contributed by atoms with van der Waals surface area (Å²) in [5.41, 5.74) is 5.01. The Hall–Kier alpha value is -4.96. The normalized spacial score (nSPS) is 11.2. The van der Waals surface area contributed by atoms with Crippen LogP contribution in [0.1, 0.15) is 59.0 Å². The Morgan fingerprint density at radius 1 is 0.978 bits per heavy atom. The number of hydrogen-bond acceptors (Lipinski definition) is 7. The van der Waals surface area contributed by atoms with Crippen molar-refractivity contribution in [1.29, 1.82) is 0 Å². The second-order valence-corrected chi connectivity index (χ2v) is 11.8. The summed E-state index contributed by atoms with van der Waals surface area (Å²) in [5, 5.41) is 8.95. The van der Waals surface area contributed by atoms with Crippen LogP contribution < -0.4 is 26.2 Å². The molecule has 1 heterocycles. The van der Waals surface area contributed by atoms with Gasteiger partial charge in [-0.3, -0.25) is 14.4 Å². The third-order valence-electron chi connectivity index (χ3n) is 7.46. The zero-order chi connectivity index (χ0) is 32.7. The van der Waals surface area contributed by atoms with Gasteiger partial charge in [0.15, 0.2) is 5.82 Å². The topological polar surface area (TPSA) is 124 Å². The van der Waals surface area contributed by atoms with Crippen LogP contribution in [0, 0.1) is 6.92 Å². The zero-order valence-corrected chi connectivity index (χ0v) is 26.9. The van der Waals surface area contributed by atoms with E-state index in [0.717, 1.165) is 16.7 Å². The van der Waals surface area contributed by atoms with E-state index in [1.165, 1.54) is 11.7 Å². The lowest BCUT2D eigenvalue weighted by molar-refractivity contribution is 0.0944. The van der Waals surface area contributed by atoms with E-state index >= 15 is 0 Å². The van der Waals surface area contributed by atoms with Crippen LogP contribution in [-0.2, 0) is 17.2 Å². The maximum atomic E-state index is 13.1. The minimum Gasteiger partial charge on any atom is -0.496 e. The molecule has 0 unspecified atom stereocenters. The molecule has 0 spiro atoms. The molecule has 2 amide bonds. The minimum absolute atomic E-state index is 0.00743. The van der Waals surface area contributed by atoms with Gasteiger partial charge in [0.05, 0.1) is 18.4 Å². The smallest absolute Gasteiger partial charge is 0.293 e. The molecular weight excluding hydrogens is 570 g/mol. The van der Waals surface area contributed by atoms with Crippen molar-refractivity contribution >= 4 is 29.0 Å². The third-order valence-corrected chi connectivity index (χ3v) is 7.46. The van der Waals surface area contributed by atoms with Gasteiger partial charge in [0.2, 0.25) is 0 Å². The van der Waals surface area contributed by atoms with Crippen molar-refractivity contribution in [2.45, 2.75) is 39.5 Å². The Balaban J connectivity index is 1.57. The number of anilines is 3. The summed E-state index contributed by atoms with van der Waals surface area (Å²) >= 11 is 0. The first-order chi connectivity index (χ1) is 21.4. The van der Waals surface area contributed by atoms with E-state index < -0.39 is 0 Å². The van der Waals surface area contributed by atoms with Gasteiger partial charge in [0, 0.05) is 62.1 Å². The SMILES string of the molecule is COCCCNC(=O)c1ccc(Nc2nc(-c3cccc(NC(=O)c4ccc(C(C)(C)C)cc4)c3C)cn(C)c2=O)cc1OC. The Labute approximate surface area is 263 Å². The molecule has 45 heavy (non-hydrogen) atoms. The van der Waals surface area contributed by atoms with Crippen LogP contribution in [0.25, 0.3) is 11.3 Å². The number of nitrogens with zero attached hydrogens (tertiary/aromatic N) is 2. The first kappa shape index (κ1) is 32.9. The molecule has 0 bridgehead atoms. The zero-order valence-electron chi connectivity index (χ0n) is 26.9. The second-order valence-electron chi connectivity index (χ2n) is 11.8. The van der Waals surface area contributed by atoms with E-state index in [2.05, 4.69) is 41.7 Å². The molecule has 10 nitrogen and oxygen atoms in total. The van der Waals surface area contributed by atoms with Gasteiger partial charge in [-0.2, -0.15) is 0 Å². The summed E-state index contributed by atoms with van der Waals surface area (Å²) in [7, 11) is 4.74. The summed E-state index contributed by atoms with van der Waals surface area (Å²) in [6, 6.07) is 18.2. The van der Waals surface area contributed by atoms with Crippen LogP contribution in [-0.4, -0.2) is 48.7 Å². The summed E-state index contributed by atoms with van der Waals surface area (Å²) < 4.78 is 11.9. The van der Waals surface area contributed by atoms with Crippen molar-refractivity contribution in [3.05, 3.63) is 99.5 Å². The highest BCUT2D eigenvalue weighted by Crippen LogP contribution is 2.30. The number of methoxy groups -OCH3 is 2. The maximum Gasteiger partial charge on any atom is 0.293 e. The predicted molar refractivity (Wildman–Crippen MR) is 178 cm³/mol. The van der Waals surface area contributed by atoms with E-state index in [1.807, 2.05) is 49.4 Å². The fourth-order valence-electron chi connectivity index (χ4n) is 4.79. The van der Waals surface area contributed by atoms with Crippen molar-refractivity contribution in [2.75, 3.05) is 38.0 Å². The number of carbonyl (C=O) groups is 2. The predicted octanol–water partition coefficient (Wildman–Crippen LogP) is 5.82. The monoisotopic (exact) mass is 611 g/mol. The lowest BCUT2D eigenvalue weighted by atomic mass is 9.86. The molecule has 0 aliphatic carbocycles. The van der Waals surface area contributed by atoms with Gasteiger partial charge in [0.1, 0.15) is 5.75 Å². The lowest BCUT2D eigenvalue weighted by Crippen LogP contribution is -2.25. The molecule has 0 aliphatic rings. The molecule has 0 saturated carbocycles. The highest BCUT2D eigenvalue weighted by atomic mass is 16.5. The van der Waals surface area contributed by atoms with Crippen molar-refractivity contribution < 1.29 is 19.1 Å². The lowest BCUT2D eigenvalue weighted by Gasteiger charge is -2.19. The number of ether oxygens (including phenoxy) is 2. The number of amides is 2. The number of aromatic nitrogens is 2. The van der Waals surface area contributed by atoms with E-state index in [1.54, 1.807) is 38.6 Å². The minimum atomic E-state index is -0.335. The van der Waals surface area contributed by atoms with Crippen LogP contribution in [0.3, 0.4) is 0 Å². The fraction of sp³-hybridized carbons (Fsp3) is 0.314. The van der Waals surface area contributed by atoms with Crippen molar-refractivity contribution in [2.24, 2.45) is 7.05 Å². The standard InChI is InChI=1S/C35H41N5O5/c1-22-26(10-8-11-28(22)39-32(41)23-12-14-24(15-13-23)35(2,3)4)29-21-40(5)34(43)31(38-29)37-25-16-17-27(30(20-25)45-7)33(42)36-18-9-19-44-6/h8,10-17,20-21H,9,18-19H2,1-7H3,(H,36,42)(H,37,38)(H,39,41). The first-order valence-electron chi connectivity index (χ1n) is 14.7. The Bertz CT molecular complexity index is 1740. The number of hydrogen-bond donors (Lipinski definition) is 3. The molecule has 0 atom stereocenters. The molecule has 4 rings (SSSR count). The second kappa shape index (κ2) is 14.2. The fourth-order valence-corrected chi connectivity index (χ4v) is 4.79. The van der Waals surface area contributed by atoms with Crippen LogP contribution in [0.2, 0.25) is 0 Å².